The van der Waals surface area contributed by atoms with Crippen LogP contribution in [0, 0.1) is 0 Å². The summed E-state index contributed by atoms with van der Waals surface area (Å²) in [5.74, 6) is -0.0572. The van der Waals surface area contributed by atoms with Crippen molar-refractivity contribution in [2.75, 3.05) is 19.4 Å². The number of pyridine rings is 1. The maximum atomic E-state index is 12.5. The van der Waals surface area contributed by atoms with Crippen molar-refractivity contribution in [2.45, 2.75) is 6.54 Å². The minimum Gasteiger partial charge on any atom is -0.387 e. The predicted molar refractivity (Wildman–Crippen MR) is 83.7 cm³/mol. The van der Waals surface area contributed by atoms with Gasteiger partial charge in [0.05, 0.1) is 5.56 Å². The van der Waals surface area contributed by atoms with Crippen LogP contribution >= 0.6 is 15.9 Å². The molecule has 1 amide bonds. The van der Waals surface area contributed by atoms with Crippen molar-refractivity contribution >= 4 is 27.5 Å². The zero-order chi connectivity index (χ0) is 14.5. The van der Waals surface area contributed by atoms with Gasteiger partial charge < -0.3 is 10.2 Å². The maximum Gasteiger partial charge on any atom is 0.257 e. The van der Waals surface area contributed by atoms with Gasteiger partial charge in [0.1, 0.15) is 0 Å². The third-order valence-electron chi connectivity index (χ3n) is 3.03. The Kier molecular flexibility index (Phi) is 4.74. The van der Waals surface area contributed by atoms with Crippen molar-refractivity contribution in [3.05, 3.63) is 58.3 Å². The summed E-state index contributed by atoms with van der Waals surface area (Å²) in [6.07, 6.45) is 3.25. The van der Waals surface area contributed by atoms with Crippen LogP contribution < -0.4 is 5.32 Å². The monoisotopic (exact) mass is 333 g/mol. The Bertz CT molecular complexity index is 616. The van der Waals surface area contributed by atoms with Gasteiger partial charge in [-0.15, -0.1) is 0 Å². The van der Waals surface area contributed by atoms with E-state index < -0.39 is 0 Å². The first kappa shape index (κ1) is 14.5. The average Bonchev–Trinajstić information content (AvgIpc) is 2.48. The number of carbonyl (C=O) groups excluding carboxylic acids is 1. The molecular weight excluding hydrogens is 318 g/mol. The van der Waals surface area contributed by atoms with Crippen LogP contribution in [0.15, 0.2) is 47.2 Å². The fourth-order valence-corrected chi connectivity index (χ4v) is 2.35. The number of hydrogen-bond donors (Lipinski definition) is 1. The highest BCUT2D eigenvalue weighted by atomic mass is 79.9. The molecule has 4 nitrogen and oxygen atoms in total. The molecule has 2 aromatic rings. The second kappa shape index (κ2) is 6.52. The number of anilines is 1. The summed E-state index contributed by atoms with van der Waals surface area (Å²) in [7, 11) is 3.58. The Morgan fingerprint density at radius 3 is 2.80 bits per heavy atom. The van der Waals surface area contributed by atoms with E-state index in [1.807, 2.05) is 24.3 Å². The zero-order valence-electron chi connectivity index (χ0n) is 11.4. The van der Waals surface area contributed by atoms with E-state index in [2.05, 4.69) is 26.2 Å². The largest absolute Gasteiger partial charge is 0.387 e. The molecule has 104 valence electrons. The highest BCUT2D eigenvalue weighted by Crippen LogP contribution is 2.20. The van der Waals surface area contributed by atoms with Crippen LogP contribution in [0.25, 0.3) is 0 Å². The lowest BCUT2D eigenvalue weighted by Crippen LogP contribution is -2.27. The first-order valence-electron chi connectivity index (χ1n) is 6.24. The smallest absolute Gasteiger partial charge is 0.257 e. The Hall–Kier alpha value is -1.88. The SMILES string of the molecule is CNc1ccncc1C(=O)N(C)Cc1ccccc1Br. The molecule has 0 spiro atoms. The van der Waals surface area contributed by atoms with E-state index >= 15 is 0 Å². The van der Waals surface area contributed by atoms with Gasteiger partial charge in [0.25, 0.3) is 5.91 Å². The molecule has 0 bridgehead atoms. The lowest BCUT2D eigenvalue weighted by atomic mass is 10.1. The van der Waals surface area contributed by atoms with E-state index in [9.17, 15) is 4.79 Å². The van der Waals surface area contributed by atoms with Gasteiger partial charge in [0.2, 0.25) is 0 Å². The number of nitrogens with one attached hydrogen (secondary N) is 1. The number of nitrogens with zero attached hydrogens (tertiary/aromatic N) is 2. The highest BCUT2D eigenvalue weighted by Gasteiger charge is 2.16. The Labute approximate surface area is 127 Å². The third-order valence-corrected chi connectivity index (χ3v) is 3.81. The molecule has 1 heterocycles. The summed E-state index contributed by atoms with van der Waals surface area (Å²) in [5.41, 5.74) is 2.42. The fourth-order valence-electron chi connectivity index (χ4n) is 1.94. The number of hydrogen-bond acceptors (Lipinski definition) is 3. The molecule has 0 radical (unpaired) electrons. The second-order valence-corrected chi connectivity index (χ2v) is 5.28. The Morgan fingerprint density at radius 1 is 1.35 bits per heavy atom. The van der Waals surface area contributed by atoms with Crippen molar-refractivity contribution in [1.82, 2.24) is 9.88 Å². The zero-order valence-corrected chi connectivity index (χ0v) is 13.0. The molecule has 1 aromatic heterocycles. The van der Waals surface area contributed by atoms with E-state index in [4.69, 9.17) is 0 Å². The van der Waals surface area contributed by atoms with Crippen molar-refractivity contribution in [3.63, 3.8) is 0 Å². The molecule has 0 fully saturated rings. The summed E-state index contributed by atoms with van der Waals surface area (Å²) < 4.78 is 1.000. The molecule has 2 rings (SSSR count). The van der Waals surface area contributed by atoms with Gasteiger partial charge >= 0.3 is 0 Å². The number of halogens is 1. The van der Waals surface area contributed by atoms with Crippen LogP contribution in [0.5, 0.6) is 0 Å². The lowest BCUT2D eigenvalue weighted by molar-refractivity contribution is 0.0785. The molecule has 0 aliphatic carbocycles. The van der Waals surface area contributed by atoms with E-state index in [-0.39, 0.29) is 5.91 Å². The molecular formula is C15H16BrN3O. The predicted octanol–water partition coefficient (Wildman–Crippen LogP) is 3.16. The maximum absolute atomic E-state index is 12.5. The normalized spacial score (nSPS) is 10.2. The molecule has 1 aromatic carbocycles. The number of rotatable bonds is 4. The molecule has 0 saturated heterocycles. The molecule has 0 atom stereocenters. The molecule has 0 unspecified atom stereocenters. The molecule has 5 heteroatoms. The van der Waals surface area contributed by atoms with Crippen LogP contribution in [0.1, 0.15) is 15.9 Å². The lowest BCUT2D eigenvalue weighted by Gasteiger charge is -2.19. The van der Waals surface area contributed by atoms with E-state index in [0.717, 1.165) is 15.7 Å². The number of amides is 1. The number of carbonyl (C=O) groups is 1. The Morgan fingerprint density at radius 2 is 2.10 bits per heavy atom. The molecule has 20 heavy (non-hydrogen) atoms. The van der Waals surface area contributed by atoms with Gasteiger partial charge in [-0.25, -0.2) is 0 Å². The molecule has 0 aliphatic heterocycles. The van der Waals surface area contributed by atoms with E-state index in [1.54, 1.807) is 37.5 Å². The van der Waals surface area contributed by atoms with Crippen molar-refractivity contribution < 1.29 is 4.79 Å². The first-order chi connectivity index (χ1) is 9.63. The summed E-state index contributed by atoms with van der Waals surface area (Å²) in [5, 5.41) is 3.01. The first-order valence-corrected chi connectivity index (χ1v) is 7.03. The minimum absolute atomic E-state index is 0.0572. The summed E-state index contributed by atoms with van der Waals surface area (Å²) >= 11 is 3.50. The van der Waals surface area contributed by atoms with Crippen LogP contribution in [-0.2, 0) is 6.54 Å². The van der Waals surface area contributed by atoms with Gasteiger partial charge in [0.15, 0.2) is 0 Å². The van der Waals surface area contributed by atoms with E-state index in [0.29, 0.717) is 12.1 Å². The van der Waals surface area contributed by atoms with Crippen LogP contribution in [0.3, 0.4) is 0 Å². The fraction of sp³-hybridized carbons (Fsp3) is 0.200. The van der Waals surface area contributed by atoms with Gasteiger partial charge in [-0.2, -0.15) is 0 Å². The van der Waals surface area contributed by atoms with Gasteiger partial charge in [-0.05, 0) is 17.7 Å². The summed E-state index contributed by atoms with van der Waals surface area (Å²) in [6.45, 7) is 0.540. The average molecular weight is 334 g/mol. The number of aromatic nitrogens is 1. The van der Waals surface area contributed by atoms with Gasteiger partial charge in [-0.3, -0.25) is 9.78 Å². The second-order valence-electron chi connectivity index (χ2n) is 4.42. The summed E-state index contributed by atoms with van der Waals surface area (Å²) in [4.78, 5) is 18.2. The van der Waals surface area contributed by atoms with Crippen molar-refractivity contribution in [1.29, 1.82) is 0 Å². The van der Waals surface area contributed by atoms with Gasteiger partial charge in [-0.1, -0.05) is 34.1 Å². The van der Waals surface area contributed by atoms with Crippen LogP contribution in [0.4, 0.5) is 5.69 Å². The van der Waals surface area contributed by atoms with Crippen molar-refractivity contribution in [3.8, 4) is 0 Å². The summed E-state index contributed by atoms with van der Waals surface area (Å²) in [6, 6.07) is 9.67. The van der Waals surface area contributed by atoms with Gasteiger partial charge in [0, 0.05) is 43.2 Å². The molecule has 1 N–H and O–H groups in total. The quantitative estimate of drug-likeness (QED) is 0.934. The topological polar surface area (TPSA) is 45.2 Å². The van der Waals surface area contributed by atoms with Crippen LogP contribution in [-0.4, -0.2) is 29.9 Å². The standard InChI is InChI=1S/C15H16BrN3O/c1-17-14-7-8-18-9-12(14)15(20)19(2)10-11-5-3-4-6-13(11)16/h3-9H,10H2,1-2H3,(H,17,18). The minimum atomic E-state index is -0.0572. The van der Waals surface area contributed by atoms with Crippen LogP contribution in [0.2, 0.25) is 0 Å². The third kappa shape index (κ3) is 3.17. The Balaban J connectivity index is 2.19. The number of benzene rings is 1. The molecule has 0 aliphatic rings. The van der Waals surface area contributed by atoms with E-state index in [1.165, 1.54) is 0 Å². The van der Waals surface area contributed by atoms with Crippen molar-refractivity contribution in [2.24, 2.45) is 0 Å². The molecule has 0 saturated carbocycles. The highest BCUT2D eigenvalue weighted by molar-refractivity contribution is 9.10.